The summed E-state index contributed by atoms with van der Waals surface area (Å²) in [6, 6.07) is 12.8. The fourth-order valence-corrected chi connectivity index (χ4v) is 4.33. The highest BCUT2D eigenvalue weighted by Crippen LogP contribution is 2.46. The maximum Gasteiger partial charge on any atom is 0.158 e. The van der Waals surface area contributed by atoms with Crippen LogP contribution in [0.15, 0.2) is 36.4 Å². The lowest BCUT2D eigenvalue weighted by Gasteiger charge is -2.27. The molecule has 0 bridgehead atoms. The quantitative estimate of drug-likeness (QED) is 0.714. The minimum absolute atomic E-state index is 0.184. The SMILES string of the molecule is CP(C)c1cccc2c1Oc1c(cccc1P(C)C)N2. The summed E-state index contributed by atoms with van der Waals surface area (Å²) in [5.41, 5.74) is 2.17. The fourth-order valence-electron chi connectivity index (χ4n) is 2.41. The lowest BCUT2D eigenvalue weighted by atomic mass is 10.2. The normalized spacial score (nSPS) is 12.7. The van der Waals surface area contributed by atoms with E-state index in [1.54, 1.807) is 0 Å². The van der Waals surface area contributed by atoms with Crippen molar-refractivity contribution in [1.82, 2.24) is 0 Å². The fraction of sp³-hybridized carbons (Fsp3) is 0.250. The van der Waals surface area contributed by atoms with Crippen molar-refractivity contribution in [2.45, 2.75) is 0 Å². The molecule has 3 rings (SSSR count). The molecule has 1 heterocycles. The van der Waals surface area contributed by atoms with E-state index in [9.17, 15) is 0 Å². The zero-order valence-corrected chi connectivity index (χ0v) is 14.1. The van der Waals surface area contributed by atoms with Crippen LogP contribution >= 0.6 is 15.8 Å². The van der Waals surface area contributed by atoms with Crippen molar-refractivity contribution in [2.75, 3.05) is 32.0 Å². The van der Waals surface area contributed by atoms with Gasteiger partial charge in [-0.2, -0.15) is 0 Å². The number of fused-ring (bicyclic) bond motifs is 2. The van der Waals surface area contributed by atoms with Crippen LogP contribution in [-0.2, 0) is 0 Å². The van der Waals surface area contributed by atoms with Crippen molar-refractivity contribution in [2.24, 2.45) is 0 Å². The Labute approximate surface area is 123 Å². The molecule has 0 saturated heterocycles. The van der Waals surface area contributed by atoms with E-state index in [-0.39, 0.29) is 15.8 Å². The molecule has 4 heteroatoms. The second-order valence-corrected chi connectivity index (χ2v) is 9.86. The van der Waals surface area contributed by atoms with Gasteiger partial charge in [-0.15, -0.1) is 0 Å². The third-order valence-electron chi connectivity index (χ3n) is 3.43. The molecule has 0 atom stereocenters. The molecule has 2 aromatic rings. The zero-order valence-electron chi connectivity index (χ0n) is 12.3. The Balaban J connectivity index is 2.13. The van der Waals surface area contributed by atoms with Gasteiger partial charge in [0.05, 0.1) is 11.4 Å². The van der Waals surface area contributed by atoms with E-state index in [2.05, 4.69) is 68.4 Å². The van der Waals surface area contributed by atoms with E-state index in [0.29, 0.717) is 0 Å². The number of anilines is 2. The van der Waals surface area contributed by atoms with Gasteiger partial charge in [-0.1, -0.05) is 40.1 Å². The summed E-state index contributed by atoms with van der Waals surface area (Å²) < 4.78 is 6.33. The number of benzene rings is 2. The first-order valence-corrected chi connectivity index (χ1v) is 11.1. The van der Waals surface area contributed by atoms with Gasteiger partial charge >= 0.3 is 0 Å². The summed E-state index contributed by atoms with van der Waals surface area (Å²) in [6.45, 7) is 9.06. The minimum atomic E-state index is -0.184. The molecule has 1 aliphatic rings. The van der Waals surface area contributed by atoms with E-state index < -0.39 is 0 Å². The second kappa shape index (κ2) is 5.35. The van der Waals surface area contributed by atoms with Gasteiger partial charge in [0.15, 0.2) is 11.5 Å². The summed E-state index contributed by atoms with van der Waals surface area (Å²) in [7, 11) is -0.368. The highest BCUT2D eigenvalue weighted by atomic mass is 31.1. The first-order chi connectivity index (χ1) is 9.58. The molecule has 2 nitrogen and oxygen atoms in total. The molecule has 20 heavy (non-hydrogen) atoms. The zero-order chi connectivity index (χ0) is 14.3. The van der Waals surface area contributed by atoms with Crippen LogP contribution in [-0.4, -0.2) is 26.7 Å². The predicted molar refractivity (Wildman–Crippen MR) is 93.0 cm³/mol. The lowest BCUT2D eigenvalue weighted by molar-refractivity contribution is 0.489. The topological polar surface area (TPSA) is 21.3 Å². The Morgan fingerprint density at radius 2 is 1.20 bits per heavy atom. The Morgan fingerprint density at radius 3 is 1.60 bits per heavy atom. The van der Waals surface area contributed by atoms with Crippen molar-refractivity contribution in [1.29, 1.82) is 0 Å². The number of nitrogens with one attached hydrogen (secondary N) is 1. The first-order valence-electron chi connectivity index (χ1n) is 6.63. The van der Waals surface area contributed by atoms with Crippen LogP contribution in [0.2, 0.25) is 0 Å². The number of hydrogen-bond acceptors (Lipinski definition) is 2. The van der Waals surface area contributed by atoms with Gasteiger partial charge in [-0.25, -0.2) is 0 Å². The number of rotatable bonds is 2. The average Bonchev–Trinajstić information content (AvgIpc) is 2.43. The van der Waals surface area contributed by atoms with E-state index in [0.717, 1.165) is 22.9 Å². The Bertz CT molecular complexity index is 597. The molecule has 0 spiro atoms. The van der Waals surface area contributed by atoms with Crippen LogP contribution in [0.25, 0.3) is 0 Å². The molecular formula is C16H19NOP2. The van der Waals surface area contributed by atoms with Crippen LogP contribution in [0.3, 0.4) is 0 Å². The lowest BCUT2D eigenvalue weighted by Crippen LogP contribution is -2.16. The van der Waals surface area contributed by atoms with Crippen LogP contribution < -0.4 is 20.7 Å². The van der Waals surface area contributed by atoms with Gasteiger partial charge in [0.2, 0.25) is 0 Å². The summed E-state index contributed by atoms with van der Waals surface area (Å²) in [5, 5.41) is 6.17. The molecule has 1 aliphatic heterocycles. The predicted octanol–water partition coefficient (Wildman–Crippen LogP) is 4.27. The number of hydrogen-bond donors (Lipinski definition) is 1. The summed E-state index contributed by atoms with van der Waals surface area (Å²) in [6.07, 6.45) is 0. The third-order valence-corrected chi connectivity index (χ3v) is 6.06. The third kappa shape index (κ3) is 2.32. The van der Waals surface area contributed by atoms with Gasteiger partial charge in [0.1, 0.15) is 0 Å². The molecule has 1 N–H and O–H groups in total. The molecule has 0 aromatic heterocycles. The molecule has 0 aliphatic carbocycles. The highest BCUT2D eigenvalue weighted by Gasteiger charge is 2.23. The molecule has 0 amide bonds. The smallest absolute Gasteiger partial charge is 0.158 e. The Morgan fingerprint density at radius 1 is 0.750 bits per heavy atom. The van der Waals surface area contributed by atoms with Crippen molar-refractivity contribution in [3.63, 3.8) is 0 Å². The largest absolute Gasteiger partial charge is 0.452 e. The molecule has 0 fully saturated rings. The summed E-state index contributed by atoms with van der Waals surface area (Å²) >= 11 is 0. The van der Waals surface area contributed by atoms with Crippen LogP contribution in [0.1, 0.15) is 0 Å². The molecule has 2 aromatic carbocycles. The molecule has 0 saturated carbocycles. The van der Waals surface area contributed by atoms with E-state index in [1.165, 1.54) is 10.6 Å². The van der Waals surface area contributed by atoms with Gasteiger partial charge < -0.3 is 10.1 Å². The van der Waals surface area contributed by atoms with E-state index in [4.69, 9.17) is 4.74 Å². The Kier molecular flexibility index (Phi) is 3.71. The summed E-state index contributed by atoms with van der Waals surface area (Å²) in [4.78, 5) is 0. The van der Waals surface area contributed by atoms with Crippen molar-refractivity contribution in [3.8, 4) is 11.5 Å². The van der Waals surface area contributed by atoms with Gasteiger partial charge in [0.25, 0.3) is 0 Å². The van der Waals surface area contributed by atoms with Gasteiger partial charge in [-0.3, -0.25) is 0 Å². The van der Waals surface area contributed by atoms with Crippen molar-refractivity contribution < 1.29 is 4.74 Å². The van der Waals surface area contributed by atoms with Crippen molar-refractivity contribution >= 4 is 37.8 Å². The molecule has 0 radical (unpaired) electrons. The Hall–Kier alpha value is -1.10. The van der Waals surface area contributed by atoms with Crippen LogP contribution in [0.4, 0.5) is 11.4 Å². The standard InChI is InChI=1S/C16H19NOP2/c1-19(2)13-9-5-7-11-15(13)18-16-12(17-11)8-6-10-14(16)20(3)4/h5-10,17H,1-4H3. The monoisotopic (exact) mass is 303 g/mol. The minimum Gasteiger partial charge on any atom is -0.452 e. The van der Waals surface area contributed by atoms with Crippen molar-refractivity contribution in [3.05, 3.63) is 36.4 Å². The van der Waals surface area contributed by atoms with E-state index >= 15 is 0 Å². The number of para-hydroxylation sites is 2. The maximum absolute atomic E-state index is 6.33. The summed E-state index contributed by atoms with van der Waals surface area (Å²) in [5.74, 6) is 2.03. The highest BCUT2D eigenvalue weighted by molar-refractivity contribution is 7.64. The molecule has 0 unspecified atom stereocenters. The van der Waals surface area contributed by atoms with Gasteiger partial charge in [-0.05, 0) is 38.8 Å². The van der Waals surface area contributed by atoms with Crippen LogP contribution in [0, 0.1) is 0 Å². The van der Waals surface area contributed by atoms with Crippen LogP contribution in [0.5, 0.6) is 11.5 Å². The first kappa shape index (κ1) is 13.9. The van der Waals surface area contributed by atoms with E-state index in [1.807, 2.05) is 0 Å². The maximum atomic E-state index is 6.33. The molecule has 104 valence electrons. The van der Waals surface area contributed by atoms with Gasteiger partial charge in [0, 0.05) is 10.6 Å². The second-order valence-electron chi connectivity index (χ2n) is 5.32. The molecular weight excluding hydrogens is 284 g/mol. The number of ether oxygens (including phenoxy) is 1. The average molecular weight is 303 g/mol.